The number of amides is 1. The molecule has 8 nitrogen and oxygen atoms in total. The van der Waals surface area contributed by atoms with Gasteiger partial charge in [0.25, 0.3) is 0 Å². The number of thioether (sulfide) groups is 1. The van der Waals surface area contributed by atoms with Crippen LogP contribution in [0.3, 0.4) is 0 Å². The van der Waals surface area contributed by atoms with Crippen LogP contribution in [0.15, 0.2) is 47.6 Å². The third-order valence-electron chi connectivity index (χ3n) is 4.01. The van der Waals surface area contributed by atoms with Crippen LogP contribution in [0, 0.1) is 13.8 Å². The molecule has 3 rings (SSSR count). The SMILES string of the molecule is Cc1ccc(OC(=O)c2ccc(NC(=O)CSc3nnnn3C)cc2)cc1C. The van der Waals surface area contributed by atoms with E-state index in [0.29, 0.717) is 22.2 Å². The highest BCUT2D eigenvalue weighted by atomic mass is 32.2. The number of nitrogens with zero attached hydrogens (tertiary/aromatic N) is 4. The number of carbonyl (C=O) groups is 2. The number of hydrogen-bond donors (Lipinski definition) is 1. The highest BCUT2D eigenvalue weighted by molar-refractivity contribution is 7.99. The Balaban J connectivity index is 1.55. The summed E-state index contributed by atoms with van der Waals surface area (Å²) in [6.07, 6.45) is 0. The van der Waals surface area contributed by atoms with Crippen molar-refractivity contribution < 1.29 is 14.3 Å². The molecule has 0 saturated carbocycles. The lowest BCUT2D eigenvalue weighted by molar-refractivity contribution is -0.113. The zero-order valence-electron chi connectivity index (χ0n) is 15.7. The predicted molar refractivity (Wildman–Crippen MR) is 105 cm³/mol. The highest BCUT2D eigenvalue weighted by Gasteiger charge is 2.11. The maximum Gasteiger partial charge on any atom is 0.343 e. The molecular weight excluding hydrogens is 378 g/mol. The van der Waals surface area contributed by atoms with E-state index >= 15 is 0 Å². The molecule has 0 spiro atoms. The molecule has 28 heavy (non-hydrogen) atoms. The van der Waals surface area contributed by atoms with Crippen molar-refractivity contribution in [3.8, 4) is 5.75 Å². The summed E-state index contributed by atoms with van der Waals surface area (Å²) in [6.45, 7) is 3.96. The molecule has 0 aliphatic carbocycles. The van der Waals surface area contributed by atoms with E-state index in [4.69, 9.17) is 4.74 Å². The number of hydrogen-bond acceptors (Lipinski definition) is 7. The van der Waals surface area contributed by atoms with Gasteiger partial charge < -0.3 is 10.1 Å². The number of aryl methyl sites for hydroxylation is 3. The number of carbonyl (C=O) groups excluding carboxylic acids is 2. The lowest BCUT2D eigenvalue weighted by Gasteiger charge is -2.08. The monoisotopic (exact) mass is 397 g/mol. The van der Waals surface area contributed by atoms with Crippen LogP contribution < -0.4 is 10.1 Å². The summed E-state index contributed by atoms with van der Waals surface area (Å²) in [6, 6.07) is 12.0. The molecule has 0 bridgehead atoms. The fraction of sp³-hybridized carbons (Fsp3) is 0.211. The highest BCUT2D eigenvalue weighted by Crippen LogP contribution is 2.19. The summed E-state index contributed by atoms with van der Waals surface area (Å²) in [5.41, 5.74) is 3.17. The second-order valence-corrected chi connectivity index (χ2v) is 7.08. The third kappa shape index (κ3) is 4.95. The first-order valence-corrected chi connectivity index (χ1v) is 9.45. The Morgan fingerprint density at radius 3 is 2.50 bits per heavy atom. The molecule has 0 aliphatic heterocycles. The van der Waals surface area contributed by atoms with E-state index < -0.39 is 5.97 Å². The lowest BCUT2D eigenvalue weighted by Crippen LogP contribution is -2.15. The number of nitrogens with one attached hydrogen (secondary N) is 1. The van der Waals surface area contributed by atoms with E-state index in [2.05, 4.69) is 20.8 Å². The van der Waals surface area contributed by atoms with Gasteiger partial charge in [-0.25, -0.2) is 9.48 Å². The average Bonchev–Trinajstić information content (AvgIpc) is 3.08. The van der Waals surface area contributed by atoms with Gasteiger partial charge in [0.15, 0.2) is 0 Å². The summed E-state index contributed by atoms with van der Waals surface area (Å²) in [4.78, 5) is 24.3. The van der Waals surface area contributed by atoms with Crippen molar-refractivity contribution in [3.05, 3.63) is 59.2 Å². The Bertz CT molecular complexity index is 1000. The minimum absolute atomic E-state index is 0.171. The molecule has 1 amide bonds. The molecule has 9 heteroatoms. The zero-order chi connectivity index (χ0) is 20.1. The number of tetrazole rings is 1. The van der Waals surface area contributed by atoms with E-state index in [1.807, 2.05) is 26.0 Å². The first-order valence-electron chi connectivity index (χ1n) is 8.47. The van der Waals surface area contributed by atoms with Crippen molar-refractivity contribution >= 4 is 29.3 Å². The van der Waals surface area contributed by atoms with Crippen LogP contribution in [-0.2, 0) is 11.8 Å². The van der Waals surface area contributed by atoms with Gasteiger partial charge in [-0.15, -0.1) is 5.10 Å². The first-order chi connectivity index (χ1) is 13.4. The minimum Gasteiger partial charge on any atom is -0.423 e. The summed E-state index contributed by atoms with van der Waals surface area (Å²) in [7, 11) is 1.70. The molecule has 0 unspecified atom stereocenters. The summed E-state index contributed by atoms with van der Waals surface area (Å²) in [5, 5.41) is 14.3. The van der Waals surface area contributed by atoms with Crippen molar-refractivity contribution in [1.82, 2.24) is 20.2 Å². The van der Waals surface area contributed by atoms with Crippen LogP contribution >= 0.6 is 11.8 Å². The summed E-state index contributed by atoms with van der Waals surface area (Å²) < 4.78 is 6.89. The number of esters is 1. The van der Waals surface area contributed by atoms with Gasteiger partial charge in [0.2, 0.25) is 11.1 Å². The minimum atomic E-state index is -0.452. The van der Waals surface area contributed by atoms with Crippen LogP contribution in [0.4, 0.5) is 5.69 Å². The third-order valence-corrected chi connectivity index (χ3v) is 5.02. The molecule has 1 aromatic heterocycles. The molecule has 144 valence electrons. The number of rotatable bonds is 6. The number of ether oxygens (including phenoxy) is 1. The van der Waals surface area contributed by atoms with Gasteiger partial charge in [0, 0.05) is 12.7 Å². The summed E-state index contributed by atoms with van der Waals surface area (Å²) in [5.74, 6) is 0.0239. The standard InChI is InChI=1S/C19H19N5O3S/c1-12-4-9-16(10-13(12)2)27-18(26)14-5-7-15(8-6-14)20-17(25)11-28-19-21-22-23-24(19)3/h4-10H,11H2,1-3H3,(H,20,25). The Morgan fingerprint density at radius 1 is 1.11 bits per heavy atom. The second kappa shape index (κ2) is 8.66. The maximum atomic E-state index is 12.3. The fourth-order valence-corrected chi connectivity index (χ4v) is 2.95. The molecule has 2 aromatic carbocycles. The van der Waals surface area contributed by atoms with Gasteiger partial charge in [0.05, 0.1) is 11.3 Å². The van der Waals surface area contributed by atoms with Crippen molar-refractivity contribution in [2.24, 2.45) is 7.05 Å². The quantitative estimate of drug-likeness (QED) is 0.388. The van der Waals surface area contributed by atoms with Gasteiger partial charge in [-0.05, 0) is 71.8 Å². The Kier molecular flexibility index (Phi) is 6.05. The van der Waals surface area contributed by atoms with E-state index in [0.717, 1.165) is 11.1 Å². The molecule has 1 heterocycles. The first kappa shape index (κ1) is 19.6. The number of aromatic nitrogens is 4. The summed E-state index contributed by atoms with van der Waals surface area (Å²) >= 11 is 1.23. The maximum absolute atomic E-state index is 12.3. The van der Waals surface area contributed by atoms with E-state index in [1.165, 1.54) is 16.4 Å². The van der Waals surface area contributed by atoms with Gasteiger partial charge in [-0.3, -0.25) is 4.79 Å². The topological polar surface area (TPSA) is 99.0 Å². The Hall–Kier alpha value is -3.20. The molecular formula is C19H19N5O3S. The largest absolute Gasteiger partial charge is 0.423 e. The molecule has 3 aromatic rings. The van der Waals surface area contributed by atoms with Crippen LogP contribution in [0.2, 0.25) is 0 Å². The van der Waals surface area contributed by atoms with Crippen LogP contribution in [0.1, 0.15) is 21.5 Å². The smallest absolute Gasteiger partial charge is 0.343 e. The van der Waals surface area contributed by atoms with Crippen LogP contribution in [-0.4, -0.2) is 37.8 Å². The van der Waals surface area contributed by atoms with Crippen molar-refractivity contribution in [2.75, 3.05) is 11.1 Å². The molecule has 0 atom stereocenters. The average molecular weight is 397 g/mol. The normalized spacial score (nSPS) is 10.5. The molecule has 0 radical (unpaired) electrons. The molecule has 0 aliphatic rings. The van der Waals surface area contributed by atoms with E-state index in [1.54, 1.807) is 37.4 Å². The van der Waals surface area contributed by atoms with E-state index in [-0.39, 0.29) is 11.7 Å². The van der Waals surface area contributed by atoms with Gasteiger partial charge in [0.1, 0.15) is 5.75 Å². The van der Waals surface area contributed by atoms with Crippen LogP contribution in [0.5, 0.6) is 5.75 Å². The second-order valence-electron chi connectivity index (χ2n) is 6.13. The zero-order valence-corrected chi connectivity index (χ0v) is 16.5. The molecule has 0 saturated heterocycles. The van der Waals surface area contributed by atoms with E-state index in [9.17, 15) is 9.59 Å². The predicted octanol–water partition coefficient (Wildman–Crippen LogP) is 2.78. The number of anilines is 1. The van der Waals surface area contributed by atoms with Crippen molar-refractivity contribution in [1.29, 1.82) is 0 Å². The van der Waals surface area contributed by atoms with Gasteiger partial charge in [-0.2, -0.15) is 0 Å². The van der Waals surface area contributed by atoms with Gasteiger partial charge >= 0.3 is 5.97 Å². The van der Waals surface area contributed by atoms with Crippen molar-refractivity contribution in [2.45, 2.75) is 19.0 Å². The fourth-order valence-electron chi connectivity index (χ4n) is 2.30. The molecule has 0 fully saturated rings. The number of benzene rings is 2. The van der Waals surface area contributed by atoms with Crippen molar-refractivity contribution in [3.63, 3.8) is 0 Å². The Labute approximate surface area is 166 Å². The van der Waals surface area contributed by atoms with Gasteiger partial charge in [-0.1, -0.05) is 17.8 Å². The van der Waals surface area contributed by atoms with Crippen LogP contribution in [0.25, 0.3) is 0 Å². The lowest BCUT2D eigenvalue weighted by atomic mass is 10.1. The molecule has 1 N–H and O–H groups in total. The Morgan fingerprint density at radius 2 is 1.86 bits per heavy atom.